The largest absolute Gasteiger partial charge is 0.487 e. The lowest BCUT2D eigenvalue weighted by molar-refractivity contribution is 0.0697. The first-order valence-electron chi connectivity index (χ1n) is 6.63. The van der Waals surface area contributed by atoms with Crippen LogP contribution in [0.15, 0.2) is 61.1 Å². The molecular formula is C16H13N3O3. The van der Waals surface area contributed by atoms with E-state index in [4.69, 9.17) is 9.84 Å². The molecule has 0 aliphatic carbocycles. The van der Waals surface area contributed by atoms with E-state index in [1.807, 2.05) is 30.3 Å². The molecule has 0 fully saturated rings. The number of nitrogens with zero attached hydrogens (tertiary/aromatic N) is 3. The van der Waals surface area contributed by atoms with Crippen LogP contribution in [0.3, 0.4) is 0 Å². The number of aromatic nitrogens is 3. The average molecular weight is 295 g/mol. The van der Waals surface area contributed by atoms with Crippen LogP contribution >= 0.6 is 0 Å². The van der Waals surface area contributed by atoms with Gasteiger partial charge in [0.1, 0.15) is 12.4 Å². The molecule has 2 aromatic heterocycles. The van der Waals surface area contributed by atoms with Gasteiger partial charge in [0.15, 0.2) is 5.82 Å². The Morgan fingerprint density at radius 1 is 1.14 bits per heavy atom. The van der Waals surface area contributed by atoms with E-state index in [9.17, 15) is 4.79 Å². The molecule has 110 valence electrons. The fourth-order valence-corrected chi connectivity index (χ4v) is 1.89. The van der Waals surface area contributed by atoms with Crippen molar-refractivity contribution in [3.8, 4) is 11.6 Å². The first-order valence-corrected chi connectivity index (χ1v) is 6.63. The van der Waals surface area contributed by atoms with Gasteiger partial charge in [-0.05, 0) is 17.7 Å². The summed E-state index contributed by atoms with van der Waals surface area (Å²) in [4.78, 5) is 15.0. The normalized spacial score (nSPS) is 10.4. The van der Waals surface area contributed by atoms with Crippen LogP contribution in [0.2, 0.25) is 0 Å². The quantitative estimate of drug-likeness (QED) is 0.782. The summed E-state index contributed by atoms with van der Waals surface area (Å²) in [5.41, 5.74) is 1.19. The van der Waals surface area contributed by atoms with Crippen LogP contribution in [0, 0.1) is 0 Å². The summed E-state index contributed by atoms with van der Waals surface area (Å²) in [5.74, 6) is 0.145. The molecule has 22 heavy (non-hydrogen) atoms. The van der Waals surface area contributed by atoms with Crippen molar-refractivity contribution in [3.05, 3.63) is 72.2 Å². The molecule has 0 unspecified atom stereocenters. The van der Waals surface area contributed by atoms with Gasteiger partial charge in [0.2, 0.25) is 0 Å². The maximum absolute atomic E-state index is 10.8. The van der Waals surface area contributed by atoms with E-state index in [1.54, 1.807) is 18.3 Å². The van der Waals surface area contributed by atoms with Crippen molar-refractivity contribution >= 4 is 5.97 Å². The van der Waals surface area contributed by atoms with Crippen molar-refractivity contribution in [1.29, 1.82) is 0 Å². The third-order valence-corrected chi connectivity index (χ3v) is 3.03. The van der Waals surface area contributed by atoms with Crippen LogP contribution in [0.5, 0.6) is 5.75 Å². The number of benzene rings is 1. The summed E-state index contributed by atoms with van der Waals surface area (Å²) >= 11 is 0. The minimum atomic E-state index is -1.02. The lowest BCUT2D eigenvalue weighted by atomic mass is 10.2. The lowest BCUT2D eigenvalue weighted by Crippen LogP contribution is -2.00. The van der Waals surface area contributed by atoms with Crippen molar-refractivity contribution in [2.45, 2.75) is 6.61 Å². The number of hydrogen-bond acceptors (Lipinski definition) is 4. The highest BCUT2D eigenvalue weighted by atomic mass is 16.5. The minimum Gasteiger partial charge on any atom is -0.487 e. The molecule has 0 amide bonds. The molecule has 3 rings (SSSR count). The molecule has 0 bridgehead atoms. The maximum Gasteiger partial charge on any atom is 0.338 e. The first kappa shape index (κ1) is 13.8. The highest BCUT2D eigenvalue weighted by molar-refractivity contribution is 5.86. The van der Waals surface area contributed by atoms with Gasteiger partial charge in [-0.1, -0.05) is 30.3 Å². The monoisotopic (exact) mass is 295 g/mol. The molecule has 3 aromatic rings. The van der Waals surface area contributed by atoms with E-state index >= 15 is 0 Å². The third-order valence-electron chi connectivity index (χ3n) is 3.03. The van der Waals surface area contributed by atoms with Crippen LogP contribution in [0.25, 0.3) is 5.82 Å². The summed E-state index contributed by atoms with van der Waals surface area (Å²) in [6.07, 6.45) is 4.28. The molecule has 0 saturated carbocycles. The standard InChI is InChI=1S/C16H13N3O3/c20-16(21)13-8-18-19(10-13)15-7-6-14(9-17-15)22-11-12-4-2-1-3-5-12/h1-10H,11H2,(H,20,21). The van der Waals surface area contributed by atoms with E-state index in [0.717, 1.165) is 5.56 Å². The van der Waals surface area contributed by atoms with Gasteiger partial charge in [0, 0.05) is 6.20 Å². The Balaban J connectivity index is 1.68. The van der Waals surface area contributed by atoms with Crippen molar-refractivity contribution < 1.29 is 14.6 Å². The molecule has 2 heterocycles. The number of carboxylic acids is 1. The number of carboxylic acid groups (broad SMARTS) is 1. The summed E-state index contributed by atoms with van der Waals surface area (Å²) in [6.45, 7) is 0.465. The molecule has 0 radical (unpaired) electrons. The molecule has 1 N–H and O–H groups in total. The van der Waals surface area contributed by atoms with Gasteiger partial charge >= 0.3 is 5.97 Å². The molecule has 6 nitrogen and oxygen atoms in total. The van der Waals surface area contributed by atoms with Gasteiger partial charge in [-0.25, -0.2) is 14.5 Å². The maximum atomic E-state index is 10.8. The third kappa shape index (κ3) is 3.12. The SMILES string of the molecule is O=C(O)c1cnn(-c2ccc(OCc3ccccc3)cn2)c1. The van der Waals surface area contributed by atoms with E-state index in [1.165, 1.54) is 17.1 Å². The van der Waals surface area contributed by atoms with E-state index < -0.39 is 5.97 Å². The zero-order chi connectivity index (χ0) is 15.4. The topological polar surface area (TPSA) is 77.2 Å². The summed E-state index contributed by atoms with van der Waals surface area (Å²) in [7, 11) is 0. The number of rotatable bonds is 5. The number of aromatic carboxylic acids is 1. The predicted octanol–water partition coefficient (Wildman–Crippen LogP) is 2.54. The Bertz CT molecular complexity index is 767. The Kier molecular flexibility index (Phi) is 3.82. The fraction of sp³-hybridized carbons (Fsp3) is 0.0625. The molecule has 6 heteroatoms. The molecule has 0 aliphatic rings. The van der Waals surface area contributed by atoms with Crippen molar-refractivity contribution in [1.82, 2.24) is 14.8 Å². The summed E-state index contributed by atoms with van der Waals surface area (Å²) < 4.78 is 7.05. The van der Waals surface area contributed by atoms with Crippen molar-refractivity contribution in [2.75, 3.05) is 0 Å². The molecule has 0 saturated heterocycles. The van der Waals surface area contributed by atoms with E-state index in [0.29, 0.717) is 18.2 Å². The van der Waals surface area contributed by atoms with Gasteiger partial charge < -0.3 is 9.84 Å². The molecule has 0 atom stereocenters. The highest BCUT2D eigenvalue weighted by Crippen LogP contribution is 2.14. The minimum absolute atomic E-state index is 0.117. The molecular weight excluding hydrogens is 282 g/mol. The summed E-state index contributed by atoms with van der Waals surface area (Å²) in [5, 5.41) is 12.8. The number of hydrogen-bond donors (Lipinski definition) is 1. The molecule has 1 aromatic carbocycles. The number of ether oxygens (including phenoxy) is 1. The second kappa shape index (κ2) is 6.09. The average Bonchev–Trinajstić information content (AvgIpc) is 3.05. The van der Waals surface area contributed by atoms with Crippen molar-refractivity contribution in [2.24, 2.45) is 0 Å². The zero-order valence-electron chi connectivity index (χ0n) is 11.6. The predicted molar refractivity (Wildman–Crippen MR) is 79.1 cm³/mol. The van der Waals surface area contributed by atoms with Crippen LogP contribution < -0.4 is 4.74 Å². The van der Waals surface area contributed by atoms with E-state index in [2.05, 4.69) is 10.1 Å². The van der Waals surface area contributed by atoms with Crippen molar-refractivity contribution in [3.63, 3.8) is 0 Å². The summed E-state index contributed by atoms with van der Waals surface area (Å²) in [6, 6.07) is 13.3. The highest BCUT2D eigenvalue weighted by Gasteiger charge is 2.07. The first-order chi connectivity index (χ1) is 10.7. The van der Waals surface area contributed by atoms with Gasteiger partial charge in [0.25, 0.3) is 0 Å². The van der Waals surface area contributed by atoms with E-state index in [-0.39, 0.29) is 5.56 Å². The van der Waals surface area contributed by atoms with Gasteiger partial charge in [-0.2, -0.15) is 5.10 Å². The Hall–Kier alpha value is -3.15. The van der Waals surface area contributed by atoms with Crippen LogP contribution in [-0.2, 0) is 6.61 Å². The Morgan fingerprint density at radius 2 is 1.95 bits per heavy atom. The number of carbonyl (C=O) groups is 1. The van der Waals surface area contributed by atoms with Crippen LogP contribution in [0.1, 0.15) is 15.9 Å². The Morgan fingerprint density at radius 3 is 2.59 bits per heavy atom. The van der Waals surface area contributed by atoms with Gasteiger partial charge in [-0.3, -0.25) is 0 Å². The molecule has 0 aliphatic heterocycles. The Labute approximate surface area is 126 Å². The molecule has 0 spiro atoms. The zero-order valence-corrected chi connectivity index (χ0v) is 11.6. The smallest absolute Gasteiger partial charge is 0.338 e. The van der Waals surface area contributed by atoms with Gasteiger partial charge in [-0.15, -0.1) is 0 Å². The van der Waals surface area contributed by atoms with Gasteiger partial charge in [0.05, 0.1) is 18.0 Å². The fourth-order valence-electron chi connectivity index (χ4n) is 1.89. The van der Waals surface area contributed by atoms with Crippen LogP contribution in [-0.4, -0.2) is 25.8 Å². The second-order valence-electron chi connectivity index (χ2n) is 4.61. The number of pyridine rings is 1. The lowest BCUT2D eigenvalue weighted by Gasteiger charge is -2.06. The van der Waals surface area contributed by atoms with Crippen LogP contribution in [0.4, 0.5) is 0 Å². The second-order valence-corrected chi connectivity index (χ2v) is 4.61.